The summed E-state index contributed by atoms with van der Waals surface area (Å²) in [4.78, 5) is 12.9. The summed E-state index contributed by atoms with van der Waals surface area (Å²) in [6.45, 7) is 0.632. The average Bonchev–Trinajstić information content (AvgIpc) is 2.47. The Morgan fingerprint density at radius 1 is 1.29 bits per heavy atom. The summed E-state index contributed by atoms with van der Waals surface area (Å²) in [5.74, 6) is -0.212. The number of para-hydroxylation sites is 1. The molecule has 0 aliphatic rings. The van der Waals surface area contributed by atoms with Gasteiger partial charge < -0.3 is 14.7 Å². The molecule has 0 saturated carbocycles. The van der Waals surface area contributed by atoms with Gasteiger partial charge >= 0.3 is 5.97 Å². The van der Waals surface area contributed by atoms with Crippen LogP contribution in [0.25, 0.3) is 0 Å². The highest BCUT2D eigenvalue weighted by molar-refractivity contribution is 6.33. The Morgan fingerprint density at radius 2 is 2.00 bits per heavy atom. The molecular formula is C16H16ClNO3. The second kappa shape index (κ2) is 6.50. The molecule has 2 rings (SSSR count). The van der Waals surface area contributed by atoms with Gasteiger partial charge in [-0.1, -0.05) is 29.8 Å². The van der Waals surface area contributed by atoms with Gasteiger partial charge in [0.2, 0.25) is 0 Å². The van der Waals surface area contributed by atoms with Gasteiger partial charge in [0.1, 0.15) is 5.75 Å². The van der Waals surface area contributed by atoms with Crippen molar-refractivity contribution in [1.82, 2.24) is 0 Å². The van der Waals surface area contributed by atoms with Crippen molar-refractivity contribution in [2.45, 2.75) is 6.54 Å². The zero-order chi connectivity index (χ0) is 15.4. The predicted octanol–water partition coefficient (Wildman–Crippen LogP) is 3.68. The number of carbonyl (C=O) groups is 1. The second-order valence-electron chi connectivity index (χ2n) is 4.64. The van der Waals surface area contributed by atoms with Crippen molar-refractivity contribution in [1.29, 1.82) is 0 Å². The lowest BCUT2D eigenvalue weighted by Crippen LogP contribution is -2.17. The number of hydrogen-bond donors (Lipinski definition) is 1. The van der Waals surface area contributed by atoms with Crippen LogP contribution in [0.5, 0.6) is 5.75 Å². The maximum Gasteiger partial charge on any atom is 0.337 e. The number of benzene rings is 2. The van der Waals surface area contributed by atoms with E-state index in [0.717, 1.165) is 17.0 Å². The summed E-state index contributed by atoms with van der Waals surface area (Å²) in [5.41, 5.74) is 1.99. The Bertz CT molecular complexity index is 658. The second-order valence-corrected chi connectivity index (χ2v) is 5.04. The number of carboxylic acids is 1. The van der Waals surface area contributed by atoms with Crippen LogP contribution in [0.3, 0.4) is 0 Å². The largest absolute Gasteiger partial charge is 0.496 e. The third-order valence-electron chi connectivity index (χ3n) is 3.22. The highest BCUT2D eigenvalue weighted by atomic mass is 35.5. The van der Waals surface area contributed by atoms with E-state index < -0.39 is 5.97 Å². The third kappa shape index (κ3) is 3.47. The molecule has 0 spiro atoms. The number of carboxylic acid groups (broad SMARTS) is 1. The van der Waals surface area contributed by atoms with Gasteiger partial charge in [-0.3, -0.25) is 0 Å². The van der Waals surface area contributed by atoms with Gasteiger partial charge in [0.15, 0.2) is 0 Å². The number of anilines is 1. The van der Waals surface area contributed by atoms with Crippen molar-refractivity contribution >= 4 is 23.3 Å². The Kier molecular flexibility index (Phi) is 4.70. The van der Waals surface area contributed by atoms with E-state index in [4.69, 9.17) is 21.4 Å². The quantitative estimate of drug-likeness (QED) is 0.915. The molecule has 0 saturated heterocycles. The molecule has 0 aromatic heterocycles. The van der Waals surface area contributed by atoms with Crippen molar-refractivity contribution in [3.8, 4) is 5.75 Å². The summed E-state index contributed by atoms with van der Waals surface area (Å²) in [5, 5.41) is 9.21. The maximum absolute atomic E-state index is 11.0. The number of rotatable bonds is 5. The predicted molar refractivity (Wildman–Crippen MR) is 83.5 cm³/mol. The van der Waals surface area contributed by atoms with Gasteiger partial charge in [-0.15, -0.1) is 0 Å². The molecule has 2 aromatic carbocycles. The van der Waals surface area contributed by atoms with E-state index in [1.807, 2.05) is 36.2 Å². The lowest BCUT2D eigenvalue weighted by Gasteiger charge is -2.21. The van der Waals surface area contributed by atoms with E-state index >= 15 is 0 Å². The standard InChI is InChI=1S/C16H16ClNO3/c1-18(10-11-5-3-4-6-15(11)21-2)12-7-8-13(16(19)20)14(17)9-12/h3-9H,10H2,1-2H3,(H,19,20). The van der Waals surface area contributed by atoms with Crippen molar-refractivity contribution in [2.75, 3.05) is 19.1 Å². The summed E-state index contributed by atoms with van der Waals surface area (Å²) < 4.78 is 5.33. The molecule has 2 aromatic rings. The number of methoxy groups -OCH3 is 1. The SMILES string of the molecule is COc1ccccc1CN(C)c1ccc(C(=O)O)c(Cl)c1. The Labute approximate surface area is 128 Å². The molecule has 5 heteroatoms. The van der Waals surface area contributed by atoms with Crippen LogP contribution in [-0.4, -0.2) is 25.2 Å². The topological polar surface area (TPSA) is 49.8 Å². The molecular weight excluding hydrogens is 290 g/mol. The van der Waals surface area contributed by atoms with Crippen molar-refractivity contribution in [3.05, 3.63) is 58.6 Å². The van der Waals surface area contributed by atoms with E-state index in [-0.39, 0.29) is 10.6 Å². The van der Waals surface area contributed by atoms with Crippen LogP contribution >= 0.6 is 11.6 Å². The first-order valence-electron chi connectivity index (χ1n) is 6.39. The van der Waals surface area contributed by atoms with Crippen LogP contribution in [0.15, 0.2) is 42.5 Å². The molecule has 110 valence electrons. The fourth-order valence-corrected chi connectivity index (χ4v) is 2.35. The van der Waals surface area contributed by atoms with E-state index in [1.165, 1.54) is 6.07 Å². The van der Waals surface area contributed by atoms with Crippen LogP contribution in [0.1, 0.15) is 15.9 Å². The summed E-state index contributed by atoms with van der Waals surface area (Å²) in [6.07, 6.45) is 0. The molecule has 0 aliphatic carbocycles. The van der Waals surface area contributed by atoms with Gasteiger partial charge in [-0.05, 0) is 24.3 Å². The number of nitrogens with zero attached hydrogens (tertiary/aromatic N) is 1. The van der Waals surface area contributed by atoms with Gasteiger partial charge in [0.25, 0.3) is 0 Å². The van der Waals surface area contributed by atoms with Crippen LogP contribution in [0.2, 0.25) is 5.02 Å². The zero-order valence-electron chi connectivity index (χ0n) is 11.8. The van der Waals surface area contributed by atoms with Crippen molar-refractivity contribution in [2.24, 2.45) is 0 Å². The van der Waals surface area contributed by atoms with Crippen LogP contribution in [0.4, 0.5) is 5.69 Å². The Hall–Kier alpha value is -2.20. The smallest absolute Gasteiger partial charge is 0.337 e. The summed E-state index contributed by atoms with van der Waals surface area (Å²) in [6, 6.07) is 12.7. The van der Waals surface area contributed by atoms with E-state index in [0.29, 0.717) is 6.54 Å². The van der Waals surface area contributed by atoms with Gasteiger partial charge in [-0.25, -0.2) is 4.79 Å². The van der Waals surface area contributed by atoms with Crippen LogP contribution < -0.4 is 9.64 Å². The molecule has 0 atom stereocenters. The Morgan fingerprint density at radius 3 is 2.62 bits per heavy atom. The van der Waals surface area contributed by atoms with Gasteiger partial charge in [0.05, 0.1) is 17.7 Å². The number of halogens is 1. The zero-order valence-corrected chi connectivity index (χ0v) is 12.6. The molecule has 0 amide bonds. The fraction of sp³-hybridized carbons (Fsp3) is 0.188. The average molecular weight is 306 g/mol. The van der Waals surface area contributed by atoms with Crippen LogP contribution in [0, 0.1) is 0 Å². The number of aromatic carboxylic acids is 1. The first-order chi connectivity index (χ1) is 10.0. The van der Waals surface area contributed by atoms with Crippen molar-refractivity contribution in [3.63, 3.8) is 0 Å². The highest BCUT2D eigenvalue weighted by Crippen LogP contribution is 2.26. The third-order valence-corrected chi connectivity index (χ3v) is 3.54. The molecule has 0 fully saturated rings. The van der Waals surface area contributed by atoms with E-state index in [9.17, 15) is 4.79 Å². The molecule has 0 aliphatic heterocycles. The normalized spacial score (nSPS) is 10.2. The first-order valence-corrected chi connectivity index (χ1v) is 6.76. The molecule has 0 radical (unpaired) electrons. The van der Waals surface area contributed by atoms with Gasteiger partial charge in [0, 0.05) is 24.8 Å². The van der Waals surface area contributed by atoms with E-state index in [2.05, 4.69) is 0 Å². The number of ether oxygens (including phenoxy) is 1. The molecule has 21 heavy (non-hydrogen) atoms. The highest BCUT2D eigenvalue weighted by Gasteiger charge is 2.12. The fourth-order valence-electron chi connectivity index (χ4n) is 2.10. The first kappa shape index (κ1) is 15.2. The molecule has 0 unspecified atom stereocenters. The maximum atomic E-state index is 11.0. The lowest BCUT2D eigenvalue weighted by molar-refractivity contribution is 0.0697. The minimum atomic E-state index is -1.03. The lowest BCUT2D eigenvalue weighted by atomic mass is 10.1. The minimum absolute atomic E-state index is 0.103. The van der Waals surface area contributed by atoms with Gasteiger partial charge in [-0.2, -0.15) is 0 Å². The van der Waals surface area contributed by atoms with Crippen molar-refractivity contribution < 1.29 is 14.6 Å². The van der Waals surface area contributed by atoms with Crippen LogP contribution in [-0.2, 0) is 6.54 Å². The van der Waals surface area contributed by atoms with E-state index in [1.54, 1.807) is 19.2 Å². The summed E-state index contributed by atoms with van der Waals surface area (Å²) >= 11 is 6.00. The molecule has 0 bridgehead atoms. The number of hydrogen-bond acceptors (Lipinski definition) is 3. The summed E-state index contributed by atoms with van der Waals surface area (Å²) in [7, 11) is 3.55. The molecule has 4 nitrogen and oxygen atoms in total. The monoisotopic (exact) mass is 305 g/mol. The Balaban J connectivity index is 2.22. The molecule has 0 heterocycles. The minimum Gasteiger partial charge on any atom is -0.496 e. The molecule has 1 N–H and O–H groups in total.